The van der Waals surface area contributed by atoms with Crippen LogP contribution in [0.1, 0.15) is 11.1 Å². The van der Waals surface area contributed by atoms with Crippen LogP contribution >= 0.6 is 0 Å². The van der Waals surface area contributed by atoms with Crippen molar-refractivity contribution in [2.24, 2.45) is 0 Å². The van der Waals surface area contributed by atoms with Gasteiger partial charge in [-0.3, -0.25) is 0 Å². The molecule has 0 unspecified atom stereocenters. The van der Waals surface area contributed by atoms with E-state index in [9.17, 15) is 0 Å². The van der Waals surface area contributed by atoms with E-state index in [-0.39, 0.29) is 0 Å². The molecule has 12 aromatic rings. The maximum atomic E-state index is 4.04. The molecule has 12 aromatic carbocycles. The Morgan fingerprint density at radius 2 is 0.594 bits per heavy atom. The number of anilines is 6. The summed E-state index contributed by atoms with van der Waals surface area (Å²) in [5.74, 6) is 0. The van der Waals surface area contributed by atoms with Gasteiger partial charge in [-0.15, -0.1) is 0 Å². The molecule has 0 bridgehead atoms. The number of rotatable bonds is 8. The topological polar surface area (TPSA) is 6.48 Å². The van der Waals surface area contributed by atoms with Crippen molar-refractivity contribution in [1.82, 2.24) is 0 Å². The molecule has 0 atom stereocenters. The van der Waals surface area contributed by atoms with E-state index in [0.29, 0.717) is 0 Å². The van der Waals surface area contributed by atoms with Crippen LogP contribution in [0.3, 0.4) is 0 Å². The molecule has 0 amide bonds. The van der Waals surface area contributed by atoms with E-state index in [1.165, 1.54) is 75.4 Å². The molecule has 300 valence electrons. The molecule has 2 heteroatoms. The predicted octanol–water partition coefficient (Wildman–Crippen LogP) is 18.0. The Morgan fingerprint density at radius 1 is 0.266 bits per heavy atom. The summed E-state index contributed by atoms with van der Waals surface area (Å²) in [6, 6.07) is 80.0. The number of fused-ring (bicyclic) bond motifs is 13. The minimum Gasteiger partial charge on any atom is -0.310 e. The van der Waals surface area contributed by atoms with Gasteiger partial charge in [0.25, 0.3) is 0 Å². The Balaban J connectivity index is 1.19. The van der Waals surface area contributed by atoms with Gasteiger partial charge in [0, 0.05) is 33.5 Å². The van der Waals surface area contributed by atoms with Crippen molar-refractivity contribution < 1.29 is 0 Å². The van der Waals surface area contributed by atoms with Gasteiger partial charge in [0.05, 0.1) is 11.4 Å². The second-order valence-corrected chi connectivity index (χ2v) is 16.6. The predicted molar refractivity (Wildman–Crippen MR) is 279 cm³/mol. The fourth-order valence-electron chi connectivity index (χ4n) is 10.1. The molecule has 0 aliphatic heterocycles. The molecule has 0 aliphatic carbocycles. The first kappa shape index (κ1) is 37.3. The van der Waals surface area contributed by atoms with Crippen LogP contribution in [0.25, 0.3) is 87.6 Å². The molecular weight excluding hydrogens is 773 g/mol. The lowest BCUT2D eigenvalue weighted by atomic mass is 9.86. The van der Waals surface area contributed by atoms with Crippen LogP contribution in [0.5, 0.6) is 0 Å². The second kappa shape index (κ2) is 15.2. The number of benzene rings is 12. The van der Waals surface area contributed by atoms with Crippen molar-refractivity contribution in [3.63, 3.8) is 0 Å². The van der Waals surface area contributed by atoms with Crippen LogP contribution in [-0.2, 0) is 0 Å². The molecule has 12 rings (SSSR count). The molecule has 0 saturated carbocycles. The lowest BCUT2D eigenvalue weighted by molar-refractivity contribution is 1.30. The smallest absolute Gasteiger partial charge is 0.0540 e. The van der Waals surface area contributed by atoms with Crippen molar-refractivity contribution in [2.75, 3.05) is 9.80 Å². The lowest BCUT2D eigenvalue weighted by Gasteiger charge is -2.28. The van der Waals surface area contributed by atoms with Gasteiger partial charge >= 0.3 is 0 Å². The monoisotopic (exact) mass is 814 g/mol. The van der Waals surface area contributed by atoms with Crippen molar-refractivity contribution in [3.8, 4) is 0 Å². The minimum atomic E-state index is 1.08. The molecule has 0 spiro atoms. The summed E-state index contributed by atoms with van der Waals surface area (Å²) >= 11 is 0. The summed E-state index contributed by atoms with van der Waals surface area (Å²) in [4.78, 5) is 4.83. The summed E-state index contributed by atoms with van der Waals surface area (Å²) in [6.07, 6.45) is 3.81. The van der Waals surface area contributed by atoms with Crippen LogP contribution in [0.2, 0.25) is 0 Å². The zero-order valence-corrected chi connectivity index (χ0v) is 35.2. The zero-order valence-electron chi connectivity index (χ0n) is 35.2. The van der Waals surface area contributed by atoms with Gasteiger partial charge < -0.3 is 9.80 Å². The van der Waals surface area contributed by atoms with Gasteiger partial charge in [-0.1, -0.05) is 183 Å². The fraction of sp³-hybridized carbons (Fsp3) is 0. The molecule has 0 fully saturated rings. The summed E-state index contributed by atoms with van der Waals surface area (Å²) < 4.78 is 0. The molecule has 0 N–H and O–H groups in total. The van der Waals surface area contributed by atoms with Gasteiger partial charge in [0.15, 0.2) is 0 Å². The van der Waals surface area contributed by atoms with Crippen LogP contribution in [0, 0.1) is 0 Å². The Kier molecular flexibility index (Phi) is 8.84. The average molecular weight is 815 g/mol. The Labute approximate surface area is 372 Å². The molecule has 0 heterocycles. The third-order valence-electron chi connectivity index (χ3n) is 13.1. The number of nitrogens with zero attached hydrogens (tertiary/aromatic N) is 2. The number of hydrogen-bond acceptors (Lipinski definition) is 2. The summed E-state index contributed by atoms with van der Waals surface area (Å²) in [5.41, 5.74) is 8.78. The average Bonchev–Trinajstić information content (AvgIpc) is 3.37. The van der Waals surface area contributed by atoms with Crippen LogP contribution in [0.15, 0.2) is 232 Å². The van der Waals surface area contributed by atoms with Gasteiger partial charge in [0.1, 0.15) is 0 Å². The van der Waals surface area contributed by atoms with E-state index < -0.39 is 0 Å². The molecule has 2 nitrogen and oxygen atoms in total. The van der Waals surface area contributed by atoms with Crippen molar-refractivity contribution in [3.05, 3.63) is 243 Å². The SMILES string of the molecule is C=Cc1ccc(N(c2ccc3c4ccccc4c4c5cc(N(c6ccc(C=C)cc6)c6cccc7ccccc67)ccc5c5ccccc5c4c3c2)c2cccc3ccccc23)cc1. The van der Waals surface area contributed by atoms with E-state index in [1.54, 1.807) is 0 Å². The highest BCUT2D eigenvalue weighted by molar-refractivity contribution is 6.40. The Hall–Kier alpha value is -8.46. The van der Waals surface area contributed by atoms with E-state index in [4.69, 9.17) is 0 Å². The van der Waals surface area contributed by atoms with E-state index in [2.05, 4.69) is 241 Å². The van der Waals surface area contributed by atoms with Crippen molar-refractivity contribution in [2.45, 2.75) is 0 Å². The summed E-state index contributed by atoms with van der Waals surface area (Å²) in [6.45, 7) is 8.08. The maximum absolute atomic E-state index is 4.04. The molecule has 0 saturated heterocycles. The van der Waals surface area contributed by atoms with Crippen LogP contribution < -0.4 is 9.80 Å². The summed E-state index contributed by atoms with van der Waals surface area (Å²) in [7, 11) is 0. The fourth-order valence-corrected chi connectivity index (χ4v) is 10.1. The van der Waals surface area contributed by atoms with Crippen LogP contribution in [0.4, 0.5) is 34.1 Å². The molecule has 0 aliphatic rings. The standard InChI is InChI=1S/C62H42N2/c1-3-41-27-31-45(32-28-41)63(59-25-13-17-43-15-5-7-19-49(43)59)47-35-37-53-51-21-9-12-24-56(51)62-58-40-48(36-38-54(58)52-22-10-11-23-55(52)61(62)57(53)39-47)64(46-33-29-42(4-2)30-34-46)60-26-14-18-44-16-6-8-20-50(44)60/h3-40H,1-2H2. The molecule has 0 radical (unpaired) electrons. The number of hydrogen-bond donors (Lipinski definition) is 0. The largest absolute Gasteiger partial charge is 0.310 e. The normalized spacial score (nSPS) is 11.6. The Bertz CT molecular complexity index is 3560. The minimum absolute atomic E-state index is 1.08. The van der Waals surface area contributed by atoms with Gasteiger partial charge in [-0.05, 0) is 136 Å². The van der Waals surface area contributed by atoms with E-state index >= 15 is 0 Å². The van der Waals surface area contributed by atoms with E-state index in [1.807, 2.05) is 12.2 Å². The Morgan fingerprint density at radius 3 is 1.00 bits per heavy atom. The van der Waals surface area contributed by atoms with Crippen LogP contribution in [-0.4, -0.2) is 0 Å². The van der Waals surface area contributed by atoms with Gasteiger partial charge in [-0.2, -0.15) is 0 Å². The first-order chi connectivity index (χ1) is 31.7. The molecule has 0 aromatic heterocycles. The first-order valence-corrected chi connectivity index (χ1v) is 21.9. The third-order valence-corrected chi connectivity index (χ3v) is 13.1. The quantitative estimate of drug-likeness (QED) is 0.141. The highest BCUT2D eigenvalue weighted by Crippen LogP contribution is 2.49. The zero-order chi connectivity index (χ0) is 42.7. The van der Waals surface area contributed by atoms with Gasteiger partial charge in [-0.25, -0.2) is 0 Å². The highest BCUT2D eigenvalue weighted by atomic mass is 15.1. The van der Waals surface area contributed by atoms with Gasteiger partial charge in [0.2, 0.25) is 0 Å². The second-order valence-electron chi connectivity index (χ2n) is 16.6. The summed E-state index contributed by atoms with van der Waals surface area (Å²) in [5, 5.41) is 17.1. The highest BCUT2D eigenvalue weighted by Gasteiger charge is 2.22. The maximum Gasteiger partial charge on any atom is 0.0540 e. The van der Waals surface area contributed by atoms with Crippen molar-refractivity contribution >= 4 is 122 Å². The molecule has 64 heavy (non-hydrogen) atoms. The van der Waals surface area contributed by atoms with Crippen molar-refractivity contribution in [1.29, 1.82) is 0 Å². The third kappa shape index (κ3) is 5.95. The first-order valence-electron chi connectivity index (χ1n) is 21.9. The molecular formula is C62H42N2. The lowest BCUT2D eigenvalue weighted by Crippen LogP contribution is -2.10. The van der Waals surface area contributed by atoms with E-state index in [0.717, 1.165) is 45.3 Å².